The monoisotopic (exact) mass is 338 g/mol. The summed E-state index contributed by atoms with van der Waals surface area (Å²) in [6.45, 7) is 5.76. The van der Waals surface area contributed by atoms with Crippen molar-refractivity contribution in [3.05, 3.63) is 65.4 Å². The van der Waals surface area contributed by atoms with Crippen molar-refractivity contribution < 1.29 is 8.91 Å². The van der Waals surface area contributed by atoms with Gasteiger partial charge in [-0.25, -0.2) is 4.39 Å². The van der Waals surface area contributed by atoms with E-state index >= 15 is 0 Å². The number of halogens is 1. The molecule has 5 nitrogen and oxygen atoms in total. The Morgan fingerprint density at radius 1 is 1.12 bits per heavy atom. The summed E-state index contributed by atoms with van der Waals surface area (Å²) in [5.74, 6) is 6.23. The molecule has 0 amide bonds. The van der Waals surface area contributed by atoms with E-state index in [0.29, 0.717) is 28.5 Å². The second-order valence-corrected chi connectivity index (χ2v) is 4.94. The average molecular weight is 338 g/mol. The number of nitrogens with zero attached hydrogens (tertiary/aromatic N) is 3. The van der Waals surface area contributed by atoms with E-state index in [0.717, 1.165) is 0 Å². The molecule has 0 bridgehead atoms. The highest BCUT2D eigenvalue weighted by Gasteiger charge is 2.12. The summed E-state index contributed by atoms with van der Waals surface area (Å²) >= 11 is 0. The van der Waals surface area contributed by atoms with Crippen LogP contribution >= 0.6 is 0 Å². The standard InChI is InChI=1S/C17H13FN4O.C2H6/c1-11(19)17-21-16(22-23-17)15-8-7-13(10-20-15)6-5-12-3-2-4-14(18)9-12;1-2/h2-4,7-11H,19H2,1H3;1-2H3. The van der Waals surface area contributed by atoms with Crippen LogP contribution in [-0.4, -0.2) is 15.1 Å². The van der Waals surface area contributed by atoms with Crippen LogP contribution in [0.25, 0.3) is 11.5 Å². The summed E-state index contributed by atoms with van der Waals surface area (Å²) in [6, 6.07) is 9.32. The number of hydrogen-bond donors (Lipinski definition) is 1. The third-order valence-electron chi connectivity index (χ3n) is 3.00. The Kier molecular flexibility index (Phi) is 6.38. The van der Waals surface area contributed by atoms with E-state index in [-0.39, 0.29) is 11.9 Å². The maximum Gasteiger partial charge on any atom is 0.243 e. The fraction of sp³-hybridized carbons (Fsp3) is 0.211. The molecule has 0 spiro atoms. The van der Waals surface area contributed by atoms with Crippen LogP contribution in [0.4, 0.5) is 4.39 Å². The fourth-order valence-corrected chi connectivity index (χ4v) is 1.83. The summed E-state index contributed by atoms with van der Waals surface area (Å²) in [6.07, 6.45) is 1.60. The van der Waals surface area contributed by atoms with E-state index in [9.17, 15) is 4.39 Å². The lowest BCUT2D eigenvalue weighted by Crippen LogP contribution is -2.04. The third kappa shape index (κ3) is 4.96. The Balaban J connectivity index is 0.00000109. The second kappa shape index (κ2) is 8.71. The molecule has 0 saturated heterocycles. The summed E-state index contributed by atoms with van der Waals surface area (Å²) < 4.78 is 18.1. The molecule has 0 aliphatic rings. The molecule has 6 heteroatoms. The van der Waals surface area contributed by atoms with Gasteiger partial charge in [-0.15, -0.1) is 0 Å². The Bertz CT molecular complexity index is 876. The van der Waals surface area contributed by atoms with Gasteiger partial charge in [0.25, 0.3) is 0 Å². The van der Waals surface area contributed by atoms with Gasteiger partial charge in [0.2, 0.25) is 11.7 Å². The number of pyridine rings is 1. The van der Waals surface area contributed by atoms with Crippen molar-refractivity contribution in [1.82, 2.24) is 15.1 Å². The Morgan fingerprint density at radius 2 is 1.88 bits per heavy atom. The molecule has 1 aromatic carbocycles. The molecule has 3 aromatic rings. The highest BCUT2D eigenvalue weighted by Crippen LogP contribution is 2.15. The minimum absolute atomic E-state index is 0.313. The molecule has 2 aromatic heterocycles. The van der Waals surface area contributed by atoms with Crippen LogP contribution in [0.2, 0.25) is 0 Å². The molecule has 2 N–H and O–H groups in total. The van der Waals surface area contributed by atoms with Gasteiger partial charge in [0.15, 0.2) is 0 Å². The fourth-order valence-electron chi connectivity index (χ4n) is 1.83. The number of hydrogen-bond acceptors (Lipinski definition) is 5. The summed E-state index contributed by atoms with van der Waals surface area (Å²) in [4.78, 5) is 8.42. The topological polar surface area (TPSA) is 77.8 Å². The predicted octanol–water partition coefficient (Wildman–Crippen LogP) is 3.72. The summed E-state index contributed by atoms with van der Waals surface area (Å²) in [5, 5.41) is 3.83. The van der Waals surface area contributed by atoms with Crippen LogP contribution in [0.3, 0.4) is 0 Å². The van der Waals surface area contributed by atoms with Crippen LogP contribution in [0.1, 0.15) is 43.8 Å². The Morgan fingerprint density at radius 3 is 2.48 bits per heavy atom. The molecule has 0 aliphatic carbocycles. The van der Waals surface area contributed by atoms with Crippen molar-refractivity contribution >= 4 is 0 Å². The van der Waals surface area contributed by atoms with Crippen LogP contribution in [0, 0.1) is 17.7 Å². The van der Waals surface area contributed by atoms with Crippen molar-refractivity contribution in [3.8, 4) is 23.4 Å². The van der Waals surface area contributed by atoms with Crippen LogP contribution in [0.15, 0.2) is 47.1 Å². The minimum Gasteiger partial charge on any atom is -0.337 e. The maximum atomic E-state index is 13.1. The van der Waals surface area contributed by atoms with Gasteiger partial charge in [0.05, 0.1) is 6.04 Å². The summed E-state index contributed by atoms with van der Waals surface area (Å²) in [7, 11) is 0. The molecule has 0 aliphatic heterocycles. The molecular weight excluding hydrogens is 319 g/mol. The van der Waals surface area contributed by atoms with Crippen molar-refractivity contribution in [3.63, 3.8) is 0 Å². The van der Waals surface area contributed by atoms with Gasteiger partial charge in [-0.3, -0.25) is 4.98 Å². The Labute approximate surface area is 146 Å². The van der Waals surface area contributed by atoms with Crippen LogP contribution in [0.5, 0.6) is 0 Å². The van der Waals surface area contributed by atoms with E-state index in [1.807, 2.05) is 13.8 Å². The zero-order valence-corrected chi connectivity index (χ0v) is 14.3. The van der Waals surface area contributed by atoms with Crippen molar-refractivity contribution in [2.24, 2.45) is 5.73 Å². The first-order chi connectivity index (χ1) is 12.1. The molecule has 2 heterocycles. The van der Waals surface area contributed by atoms with E-state index < -0.39 is 0 Å². The zero-order chi connectivity index (χ0) is 18.2. The smallest absolute Gasteiger partial charge is 0.243 e. The van der Waals surface area contributed by atoms with Crippen molar-refractivity contribution in [2.75, 3.05) is 0 Å². The van der Waals surface area contributed by atoms with Gasteiger partial charge in [0, 0.05) is 17.3 Å². The molecule has 0 radical (unpaired) electrons. The highest BCUT2D eigenvalue weighted by molar-refractivity contribution is 5.50. The van der Waals surface area contributed by atoms with Gasteiger partial charge in [-0.2, -0.15) is 4.98 Å². The van der Waals surface area contributed by atoms with Gasteiger partial charge < -0.3 is 10.3 Å². The van der Waals surface area contributed by atoms with Gasteiger partial charge >= 0.3 is 0 Å². The number of benzene rings is 1. The highest BCUT2D eigenvalue weighted by atomic mass is 19.1. The number of aromatic nitrogens is 3. The normalized spacial score (nSPS) is 10.9. The lowest BCUT2D eigenvalue weighted by atomic mass is 10.2. The first-order valence-corrected chi connectivity index (χ1v) is 7.95. The van der Waals surface area contributed by atoms with E-state index in [1.165, 1.54) is 12.1 Å². The van der Waals surface area contributed by atoms with E-state index in [4.69, 9.17) is 10.3 Å². The van der Waals surface area contributed by atoms with E-state index in [2.05, 4.69) is 27.0 Å². The van der Waals surface area contributed by atoms with E-state index in [1.54, 1.807) is 37.4 Å². The molecule has 0 saturated carbocycles. The first kappa shape index (κ1) is 18.3. The molecule has 1 atom stereocenters. The number of nitrogens with two attached hydrogens (primary N) is 1. The predicted molar refractivity (Wildman–Crippen MR) is 93.9 cm³/mol. The van der Waals surface area contributed by atoms with Crippen LogP contribution in [-0.2, 0) is 0 Å². The summed E-state index contributed by atoms with van der Waals surface area (Å²) in [5.41, 5.74) is 7.55. The average Bonchev–Trinajstić information content (AvgIpc) is 3.13. The van der Waals surface area contributed by atoms with Crippen LogP contribution < -0.4 is 5.73 Å². The lowest BCUT2D eigenvalue weighted by Gasteiger charge is -1.95. The lowest BCUT2D eigenvalue weighted by molar-refractivity contribution is 0.362. The largest absolute Gasteiger partial charge is 0.337 e. The second-order valence-electron chi connectivity index (χ2n) is 4.94. The molecule has 128 valence electrons. The minimum atomic E-state index is -0.326. The zero-order valence-electron chi connectivity index (χ0n) is 14.3. The van der Waals surface area contributed by atoms with Gasteiger partial charge in [-0.1, -0.05) is 36.9 Å². The quantitative estimate of drug-likeness (QED) is 0.721. The van der Waals surface area contributed by atoms with Gasteiger partial charge in [-0.05, 0) is 37.3 Å². The molecule has 1 unspecified atom stereocenters. The third-order valence-corrected chi connectivity index (χ3v) is 3.00. The molecule has 25 heavy (non-hydrogen) atoms. The molecule has 3 rings (SSSR count). The van der Waals surface area contributed by atoms with Gasteiger partial charge in [0.1, 0.15) is 11.5 Å². The Hall–Kier alpha value is -3.04. The number of rotatable bonds is 2. The molecular formula is C19H19FN4O. The molecule has 0 fully saturated rings. The SMILES string of the molecule is CC.CC(N)c1nc(-c2ccc(C#Cc3cccc(F)c3)cn2)no1. The van der Waals surface area contributed by atoms with Crippen molar-refractivity contribution in [1.29, 1.82) is 0 Å². The first-order valence-electron chi connectivity index (χ1n) is 7.95. The van der Waals surface area contributed by atoms with Crippen molar-refractivity contribution in [2.45, 2.75) is 26.8 Å². The maximum absolute atomic E-state index is 13.1.